The first-order valence-corrected chi connectivity index (χ1v) is 8.05. The van der Waals surface area contributed by atoms with Gasteiger partial charge in [-0.3, -0.25) is 4.90 Å². The van der Waals surface area contributed by atoms with E-state index in [2.05, 4.69) is 17.1 Å². The summed E-state index contributed by atoms with van der Waals surface area (Å²) in [6.07, 6.45) is 4.80. The molecule has 2 aliphatic rings. The minimum atomic E-state index is -0.508. The molecule has 0 radical (unpaired) electrons. The fourth-order valence-corrected chi connectivity index (χ4v) is 4.17. The van der Waals surface area contributed by atoms with Gasteiger partial charge in [-0.2, -0.15) is 0 Å². The number of hydrogen-bond donors (Lipinski definition) is 1. The van der Waals surface area contributed by atoms with E-state index in [-0.39, 0.29) is 6.04 Å². The molecular formula is C17H24F2N2. The van der Waals surface area contributed by atoms with Crippen LogP contribution in [0.25, 0.3) is 0 Å². The maximum absolute atomic E-state index is 14.1. The number of rotatable bonds is 4. The largest absolute Gasteiger partial charge is 0.311 e. The molecule has 1 aromatic carbocycles. The predicted molar refractivity (Wildman–Crippen MR) is 80.1 cm³/mol. The van der Waals surface area contributed by atoms with Crippen molar-refractivity contribution in [3.63, 3.8) is 0 Å². The van der Waals surface area contributed by atoms with Crippen molar-refractivity contribution in [1.82, 2.24) is 10.2 Å². The first-order chi connectivity index (χ1) is 10.1. The molecule has 4 heteroatoms. The third-order valence-corrected chi connectivity index (χ3v) is 5.19. The number of hydrogen-bond acceptors (Lipinski definition) is 2. The molecule has 0 amide bonds. The van der Waals surface area contributed by atoms with Crippen molar-refractivity contribution < 1.29 is 8.78 Å². The van der Waals surface area contributed by atoms with Gasteiger partial charge in [0.25, 0.3) is 0 Å². The average Bonchev–Trinajstić information content (AvgIpc) is 2.78. The van der Waals surface area contributed by atoms with Gasteiger partial charge < -0.3 is 5.32 Å². The van der Waals surface area contributed by atoms with Gasteiger partial charge in [0.1, 0.15) is 11.6 Å². The quantitative estimate of drug-likeness (QED) is 0.912. The first-order valence-electron chi connectivity index (χ1n) is 8.05. The molecule has 2 saturated heterocycles. The van der Waals surface area contributed by atoms with Crippen molar-refractivity contribution in [2.75, 3.05) is 6.54 Å². The first kappa shape index (κ1) is 14.9. The Morgan fingerprint density at radius 2 is 1.90 bits per heavy atom. The number of nitrogens with one attached hydrogen (secondary N) is 1. The van der Waals surface area contributed by atoms with E-state index >= 15 is 0 Å². The van der Waals surface area contributed by atoms with Crippen LogP contribution in [-0.2, 0) is 0 Å². The second kappa shape index (κ2) is 6.01. The smallest absolute Gasteiger partial charge is 0.130 e. The molecule has 2 bridgehead atoms. The summed E-state index contributed by atoms with van der Waals surface area (Å²) < 4.78 is 27.1. The maximum Gasteiger partial charge on any atom is 0.130 e. The Balaban J connectivity index is 1.79. The van der Waals surface area contributed by atoms with Crippen LogP contribution in [0, 0.1) is 11.6 Å². The Bertz CT molecular complexity index is 494. The Kier molecular flexibility index (Phi) is 4.27. The molecule has 2 aliphatic heterocycles. The molecule has 2 heterocycles. The van der Waals surface area contributed by atoms with Crippen LogP contribution in [0.5, 0.6) is 0 Å². The lowest BCUT2D eigenvalue weighted by Gasteiger charge is -2.40. The molecule has 2 fully saturated rings. The minimum Gasteiger partial charge on any atom is -0.311 e. The Morgan fingerprint density at radius 1 is 1.24 bits per heavy atom. The lowest BCUT2D eigenvalue weighted by atomic mass is 9.95. The van der Waals surface area contributed by atoms with E-state index in [1.165, 1.54) is 18.9 Å². The van der Waals surface area contributed by atoms with Gasteiger partial charge in [0.2, 0.25) is 0 Å². The lowest BCUT2D eigenvalue weighted by molar-refractivity contribution is 0.106. The molecule has 21 heavy (non-hydrogen) atoms. The van der Waals surface area contributed by atoms with E-state index in [0.717, 1.165) is 25.5 Å². The average molecular weight is 294 g/mol. The summed E-state index contributed by atoms with van der Waals surface area (Å²) in [6.45, 7) is 5.05. The highest BCUT2D eigenvalue weighted by Gasteiger charge is 2.37. The van der Waals surface area contributed by atoms with Gasteiger partial charge in [-0.15, -0.1) is 0 Å². The predicted octanol–water partition coefficient (Wildman–Crippen LogP) is 3.63. The normalized spacial score (nSPS) is 29.9. The van der Waals surface area contributed by atoms with Crippen LogP contribution in [0.15, 0.2) is 18.2 Å². The highest BCUT2D eigenvalue weighted by atomic mass is 19.1. The highest BCUT2D eigenvalue weighted by molar-refractivity contribution is 5.22. The fraction of sp³-hybridized carbons (Fsp3) is 0.647. The van der Waals surface area contributed by atoms with Crippen LogP contribution < -0.4 is 5.32 Å². The zero-order valence-corrected chi connectivity index (χ0v) is 12.8. The second-order valence-electron chi connectivity index (χ2n) is 6.44. The topological polar surface area (TPSA) is 15.3 Å². The molecule has 116 valence electrons. The van der Waals surface area contributed by atoms with E-state index in [0.29, 0.717) is 23.7 Å². The van der Waals surface area contributed by atoms with Crippen molar-refractivity contribution >= 4 is 0 Å². The van der Waals surface area contributed by atoms with Gasteiger partial charge in [0.15, 0.2) is 0 Å². The highest BCUT2D eigenvalue weighted by Crippen LogP contribution is 2.34. The third-order valence-electron chi connectivity index (χ3n) is 5.19. The van der Waals surface area contributed by atoms with E-state index in [4.69, 9.17) is 0 Å². The molecule has 0 saturated carbocycles. The van der Waals surface area contributed by atoms with Gasteiger partial charge in [0, 0.05) is 35.8 Å². The zero-order valence-electron chi connectivity index (χ0n) is 12.8. The monoisotopic (exact) mass is 294 g/mol. The summed E-state index contributed by atoms with van der Waals surface area (Å²) in [5, 5.41) is 3.65. The van der Waals surface area contributed by atoms with Crippen molar-refractivity contribution in [3.8, 4) is 0 Å². The molecule has 2 nitrogen and oxygen atoms in total. The molecule has 3 unspecified atom stereocenters. The van der Waals surface area contributed by atoms with Crippen LogP contribution in [0.3, 0.4) is 0 Å². The van der Waals surface area contributed by atoms with Gasteiger partial charge in [-0.1, -0.05) is 13.0 Å². The van der Waals surface area contributed by atoms with Crippen LogP contribution >= 0.6 is 0 Å². The zero-order chi connectivity index (χ0) is 15.0. The minimum absolute atomic E-state index is 0.0156. The van der Waals surface area contributed by atoms with E-state index < -0.39 is 11.6 Å². The Hall–Kier alpha value is -1.00. The number of nitrogens with zero attached hydrogens (tertiary/aromatic N) is 1. The molecule has 0 spiro atoms. The van der Waals surface area contributed by atoms with E-state index in [9.17, 15) is 8.78 Å². The molecule has 1 aromatic rings. The molecule has 0 aliphatic carbocycles. The maximum atomic E-state index is 14.1. The van der Waals surface area contributed by atoms with Crippen LogP contribution in [-0.4, -0.2) is 29.6 Å². The van der Waals surface area contributed by atoms with E-state index in [1.807, 2.05) is 6.92 Å². The molecule has 1 N–H and O–H groups in total. The Labute approximate surface area is 125 Å². The summed E-state index contributed by atoms with van der Waals surface area (Å²) >= 11 is 0. The summed E-state index contributed by atoms with van der Waals surface area (Å²) in [5.74, 6) is -0.940. The molecule has 0 aromatic heterocycles. The van der Waals surface area contributed by atoms with Crippen LogP contribution in [0.1, 0.15) is 51.1 Å². The lowest BCUT2D eigenvalue weighted by Crippen LogP contribution is -2.49. The summed E-state index contributed by atoms with van der Waals surface area (Å²) in [7, 11) is 0. The van der Waals surface area contributed by atoms with Gasteiger partial charge >= 0.3 is 0 Å². The van der Waals surface area contributed by atoms with Gasteiger partial charge in [-0.05, 0) is 45.2 Å². The number of benzene rings is 1. The number of piperidine rings is 1. The summed E-state index contributed by atoms with van der Waals surface area (Å²) in [6, 6.07) is 5.65. The third kappa shape index (κ3) is 2.97. The molecule has 3 rings (SSSR count). The fourth-order valence-electron chi connectivity index (χ4n) is 4.17. The van der Waals surface area contributed by atoms with Gasteiger partial charge in [-0.25, -0.2) is 8.78 Å². The van der Waals surface area contributed by atoms with Crippen LogP contribution in [0.2, 0.25) is 0 Å². The summed E-state index contributed by atoms with van der Waals surface area (Å²) in [4.78, 5) is 2.38. The number of fused-ring (bicyclic) bond motifs is 2. The van der Waals surface area contributed by atoms with Crippen LogP contribution in [0.4, 0.5) is 8.78 Å². The Morgan fingerprint density at radius 3 is 2.48 bits per heavy atom. The molecule has 3 atom stereocenters. The van der Waals surface area contributed by atoms with Crippen molar-refractivity contribution in [3.05, 3.63) is 35.4 Å². The number of halogens is 2. The van der Waals surface area contributed by atoms with E-state index in [1.54, 1.807) is 6.07 Å². The van der Waals surface area contributed by atoms with Crippen molar-refractivity contribution in [2.24, 2.45) is 0 Å². The van der Waals surface area contributed by atoms with Crippen molar-refractivity contribution in [1.29, 1.82) is 0 Å². The standard InChI is InChI=1S/C17H24F2N2/c1-3-21(15-9-13-5-6-14(10-15)20-13)11(2)16-7-4-12(18)8-17(16)19/h4,7-8,11,13-15,20H,3,5-6,9-10H2,1-2H3. The SMILES string of the molecule is CCN(C1CC2CCC(C1)N2)C(C)c1ccc(F)cc1F. The second-order valence-corrected chi connectivity index (χ2v) is 6.44. The molecular weight excluding hydrogens is 270 g/mol. The summed E-state index contributed by atoms with van der Waals surface area (Å²) in [5.41, 5.74) is 0.601. The van der Waals surface area contributed by atoms with Gasteiger partial charge in [0.05, 0.1) is 0 Å². The van der Waals surface area contributed by atoms with Crippen molar-refractivity contribution in [2.45, 2.75) is 63.7 Å².